The fraction of sp³-hybridized carbons (Fsp3) is 0.250. The Labute approximate surface area is 86.9 Å². The Hall–Kier alpha value is -1.08. The van der Waals surface area contributed by atoms with Crippen molar-refractivity contribution in [2.24, 2.45) is 0 Å². The number of rotatable bonds is 2. The van der Waals surface area contributed by atoms with Crippen LogP contribution in [0.3, 0.4) is 0 Å². The summed E-state index contributed by atoms with van der Waals surface area (Å²) in [5, 5.41) is 0. The highest BCUT2D eigenvalue weighted by atomic mass is 32.2. The predicted molar refractivity (Wildman–Crippen MR) is 48.8 cm³/mol. The fourth-order valence-corrected chi connectivity index (χ4v) is 1.39. The largest absolute Gasteiger partial charge is 0.755 e. The molecule has 0 heterocycles. The maximum Gasteiger partial charge on any atom is 0.418 e. The molecule has 0 fully saturated rings. The van der Waals surface area contributed by atoms with Crippen LogP contribution in [0.4, 0.5) is 18.9 Å². The van der Waals surface area contributed by atoms with Gasteiger partial charge in [0.15, 0.2) is 0 Å². The monoisotopic (exact) mass is 238 g/mol. The Morgan fingerprint density at radius 2 is 1.87 bits per heavy atom. The highest BCUT2D eigenvalue weighted by molar-refractivity contribution is 7.80. The molecule has 1 unspecified atom stereocenters. The molecule has 0 aromatic heterocycles. The average Bonchev–Trinajstić information content (AvgIpc) is 2.15. The van der Waals surface area contributed by atoms with Crippen LogP contribution in [0.15, 0.2) is 24.3 Å². The van der Waals surface area contributed by atoms with E-state index in [1.165, 1.54) is 12.1 Å². The van der Waals surface area contributed by atoms with Gasteiger partial charge in [-0.15, -0.1) is 0 Å². The molecule has 0 aliphatic carbocycles. The summed E-state index contributed by atoms with van der Waals surface area (Å²) in [6.45, 7) is 0. The molecule has 0 saturated heterocycles. The van der Waals surface area contributed by atoms with Crippen LogP contribution in [-0.4, -0.2) is 15.8 Å². The molecular weight excluding hydrogens is 231 g/mol. The molecule has 0 spiro atoms. The Morgan fingerprint density at radius 3 is 2.33 bits per heavy atom. The van der Waals surface area contributed by atoms with E-state index in [2.05, 4.69) is 0 Å². The van der Waals surface area contributed by atoms with Gasteiger partial charge in [-0.25, -0.2) is 0 Å². The summed E-state index contributed by atoms with van der Waals surface area (Å²) in [5.41, 5.74) is -1.37. The van der Waals surface area contributed by atoms with E-state index in [4.69, 9.17) is 0 Å². The Morgan fingerprint density at radius 1 is 1.33 bits per heavy atom. The summed E-state index contributed by atoms with van der Waals surface area (Å²) in [4.78, 5) is 0. The van der Waals surface area contributed by atoms with Gasteiger partial charge in [0.1, 0.15) is 0 Å². The van der Waals surface area contributed by atoms with Gasteiger partial charge in [0.25, 0.3) is 0 Å². The zero-order valence-electron chi connectivity index (χ0n) is 7.62. The van der Waals surface area contributed by atoms with Gasteiger partial charge in [0, 0.05) is 18.3 Å². The molecule has 0 aliphatic rings. The highest BCUT2D eigenvalue weighted by Crippen LogP contribution is 2.36. The number of anilines is 1. The topological polar surface area (TPSA) is 43.4 Å². The number of para-hydroxylation sites is 1. The van der Waals surface area contributed by atoms with Crippen LogP contribution < -0.4 is 4.31 Å². The Bertz CT molecular complexity index is 380. The van der Waals surface area contributed by atoms with E-state index >= 15 is 0 Å². The number of hydrogen-bond donors (Lipinski definition) is 0. The van der Waals surface area contributed by atoms with E-state index in [-0.39, 0.29) is 0 Å². The average molecular weight is 238 g/mol. The van der Waals surface area contributed by atoms with Crippen LogP contribution in [0.1, 0.15) is 5.56 Å². The molecule has 0 aliphatic heterocycles. The maximum absolute atomic E-state index is 12.4. The van der Waals surface area contributed by atoms with E-state index in [0.29, 0.717) is 4.31 Å². The van der Waals surface area contributed by atoms with Crippen LogP contribution in [0, 0.1) is 0 Å². The molecule has 3 nitrogen and oxygen atoms in total. The molecule has 15 heavy (non-hydrogen) atoms. The number of halogens is 3. The third-order valence-corrected chi connectivity index (χ3v) is 2.42. The van der Waals surface area contributed by atoms with Gasteiger partial charge in [0.2, 0.25) is 0 Å². The lowest BCUT2D eigenvalue weighted by molar-refractivity contribution is -0.137. The Balaban J connectivity index is 3.24. The lowest BCUT2D eigenvalue weighted by atomic mass is 10.2. The van der Waals surface area contributed by atoms with Crippen LogP contribution >= 0.6 is 0 Å². The lowest BCUT2D eigenvalue weighted by Crippen LogP contribution is -2.23. The molecule has 0 radical (unpaired) electrons. The summed E-state index contributed by atoms with van der Waals surface area (Å²) in [6.07, 6.45) is -4.57. The molecule has 0 bridgehead atoms. The minimum atomic E-state index is -4.57. The van der Waals surface area contributed by atoms with Crippen molar-refractivity contribution >= 4 is 17.0 Å². The van der Waals surface area contributed by atoms with Crippen molar-refractivity contribution in [1.29, 1.82) is 0 Å². The van der Waals surface area contributed by atoms with Crippen molar-refractivity contribution in [2.75, 3.05) is 11.4 Å². The van der Waals surface area contributed by atoms with Crippen LogP contribution in [0.25, 0.3) is 0 Å². The lowest BCUT2D eigenvalue weighted by Gasteiger charge is -2.24. The molecule has 84 valence electrons. The van der Waals surface area contributed by atoms with Gasteiger partial charge in [-0.05, 0) is 12.1 Å². The molecule has 1 rings (SSSR count). The van der Waals surface area contributed by atoms with E-state index in [1.54, 1.807) is 0 Å². The maximum atomic E-state index is 12.4. The van der Waals surface area contributed by atoms with Crippen LogP contribution in [0.2, 0.25) is 0 Å². The zero-order chi connectivity index (χ0) is 11.6. The molecule has 1 aromatic rings. The quantitative estimate of drug-likeness (QED) is 0.739. The van der Waals surface area contributed by atoms with Crippen molar-refractivity contribution in [3.63, 3.8) is 0 Å². The first-order valence-electron chi connectivity index (χ1n) is 3.83. The van der Waals surface area contributed by atoms with Gasteiger partial charge < -0.3 is 8.86 Å². The first kappa shape index (κ1) is 12.0. The summed E-state index contributed by atoms with van der Waals surface area (Å²) in [6, 6.07) is 4.47. The van der Waals surface area contributed by atoms with Gasteiger partial charge in [0.05, 0.1) is 11.3 Å². The molecule has 1 aromatic carbocycles. The van der Waals surface area contributed by atoms with Gasteiger partial charge in [-0.1, -0.05) is 12.1 Å². The number of benzene rings is 1. The second-order valence-electron chi connectivity index (χ2n) is 2.73. The molecule has 1 atom stereocenters. The fourth-order valence-electron chi connectivity index (χ4n) is 1.07. The standard InChI is InChI=1S/C8H8F3NO2S/c1-12(15(13)14)7-5-3-2-4-6(7)8(9,10)11/h2-5H,1H3,(H,13,14)/p-1. The summed E-state index contributed by atoms with van der Waals surface area (Å²) in [5.74, 6) is 0. The highest BCUT2D eigenvalue weighted by Gasteiger charge is 2.34. The summed E-state index contributed by atoms with van der Waals surface area (Å²) in [7, 11) is 1.05. The van der Waals surface area contributed by atoms with E-state index in [9.17, 15) is 21.9 Å². The van der Waals surface area contributed by atoms with Crippen LogP contribution in [-0.2, 0) is 17.4 Å². The minimum absolute atomic E-state index is 0.390. The third kappa shape index (κ3) is 2.69. The zero-order valence-corrected chi connectivity index (χ0v) is 8.43. The smallest absolute Gasteiger partial charge is 0.418 e. The second-order valence-corrected chi connectivity index (χ2v) is 3.71. The SMILES string of the molecule is CN(c1ccccc1C(F)(F)F)S(=O)[O-]. The van der Waals surface area contributed by atoms with Gasteiger partial charge in [-0.2, -0.15) is 13.2 Å². The molecule has 0 amide bonds. The number of alkyl halides is 3. The van der Waals surface area contributed by atoms with Crippen LogP contribution in [0.5, 0.6) is 0 Å². The van der Waals surface area contributed by atoms with Crippen molar-refractivity contribution in [2.45, 2.75) is 6.18 Å². The van der Waals surface area contributed by atoms with Crippen molar-refractivity contribution in [3.05, 3.63) is 29.8 Å². The normalized spacial score (nSPS) is 13.7. The van der Waals surface area contributed by atoms with E-state index in [0.717, 1.165) is 19.2 Å². The predicted octanol–water partition coefficient (Wildman–Crippen LogP) is 1.94. The molecular formula is C8H7F3NO2S-. The van der Waals surface area contributed by atoms with E-state index in [1.807, 2.05) is 0 Å². The van der Waals surface area contributed by atoms with Crippen molar-refractivity contribution in [3.8, 4) is 0 Å². The molecule has 7 heteroatoms. The number of nitrogens with zero attached hydrogens (tertiary/aromatic N) is 1. The van der Waals surface area contributed by atoms with Gasteiger partial charge in [-0.3, -0.25) is 4.21 Å². The summed E-state index contributed by atoms with van der Waals surface area (Å²) < 4.78 is 58.9. The third-order valence-electron chi connectivity index (χ3n) is 1.77. The first-order valence-corrected chi connectivity index (χ1v) is 4.86. The van der Waals surface area contributed by atoms with Crippen molar-refractivity contribution in [1.82, 2.24) is 0 Å². The first-order chi connectivity index (χ1) is 6.84. The number of hydrogen-bond acceptors (Lipinski definition) is 2. The van der Waals surface area contributed by atoms with E-state index < -0.39 is 28.7 Å². The molecule has 0 N–H and O–H groups in total. The summed E-state index contributed by atoms with van der Waals surface area (Å²) >= 11 is -2.72. The van der Waals surface area contributed by atoms with Crippen molar-refractivity contribution < 1.29 is 21.9 Å². The Kier molecular flexibility index (Phi) is 3.35. The second kappa shape index (κ2) is 4.19. The van der Waals surface area contributed by atoms with Gasteiger partial charge >= 0.3 is 6.18 Å². The minimum Gasteiger partial charge on any atom is -0.755 e. The molecule has 0 saturated carbocycles.